The van der Waals surface area contributed by atoms with Crippen LogP contribution in [0.1, 0.15) is 44.0 Å². The second kappa shape index (κ2) is 5.41. The standard InChI is InChI=1S/C13H19ClN2O/c1-4-13(3,5-2)16-12(17)10-8-9(14)6-7-11(10)15/h6-8H,4-5,15H2,1-3H3,(H,16,17). The molecule has 3 nitrogen and oxygen atoms in total. The van der Waals surface area contributed by atoms with Crippen molar-refractivity contribution in [3.8, 4) is 0 Å². The molecule has 3 N–H and O–H groups in total. The highest BCUT2D eigenvalue weighted by molar-refractivity contribution is 6.31. The zero-order valence-electron chi connectivity index (χ0n) is 10.5. The van der Waals surface area contributed by atoms with E-state index in [2.05, 4.69) is 5.32 Å². The summed E-state index contributed by atoms with van der Waals surface area (Å²) in [6, 6.07) is 4.91. The van der Waals surface area contributed by atoms with Gasteiger partial charge in [-0.15, -0.1) is 0 Å². The minimum Gasteiger partial charge on any atom is -0.398 e. The fourth-order valence-corrected chi connectivity index (χ4v) is 1.67. The fourth-order valence-electron chi connectivity index (χ4n) is 1.49. The number of benzene rings is 1. The average Bonchev–Trinajstić information content (AvgIpc) is 2.32. The smallest absolute Gasteiger partial charge is 0.253 e. The van der Waals surface area contributed by atoms with E-state index >= 15 is 0 Å². The number of anilines is 1. The van der Waals surface area contributed by atoms with Crippen LogP contribution in [-0.2, 0) is 0 Å². The number of rotatable bonds is 4. The Labute approximate surface area is 107 Å². The Bertz CT molecular complexity index is 414. The number of carbonyl (C=O) groups excluding carboxylic acids is 1. The highest BCUT2D eigenvalue weighted by atomic mass is 35.5. The molecule has 4 heteroatoms. The van der Waals surface area contributed by atoms with Crippen molar-refractivity contribution < 1.29 is 4.79 Å². The van der Waals surface area contributed by atoms with E-state index in [1.54, 1.807) is 18.2 Å². The second-order valence-electron chi connectivity index (χ2n) is 4.45. The molecule has 1 aromatic carbocycles. The molecule has 1 amide bonds. The van der Waals surface area contributed by atoms with Crippen LogP contribution in [0.15, 0.2) is 18.2 Å². The van der Waals surface area contributed by atoms with E-state index in [1.807, 2.05) is 20.8 Å². The van der Waals surface area contributed by atoms with Gasteiger partial charge in [0.2, 0.25) is 0 Å². The average molecular weight is 255 g/mol. The van der Waals surface area contributed by atoms with Gasteiger partial charge in [-0.05, 0) is 38.0 Å². The normalized spacial score (nSPS) is 11.3. The summed E-state index contributed by atoms with van der Waals surface area (Å²) < 4.78 is 0. The zero-order valence-corrected chi connectivity index (χ0v) is 11.3. The molecule has 0 spiro atoms. The van der Waals surface area contributed by atoms with Crippen molar-refractivity contribution in [1.82, 2.24) is 5.32 Å². The Balaban J connectivity index is 2.94. The number of hydrogen-bond donors (Lipinski definition) is 2. The van der Waals surface area contributed by atoms with Crippen LogP contribution in [0.4, 0.5) is 5.69 Å². The van der Waals surface area contributed by atoms with E-state index in [9.17, 15) is 4.79 Å². The Morgan fingerprint density at radius 2 is 2.00 bits per heavy atom. The molecule has 0 saturated carbocycles. The predicted molar refractivity (Wildman–Crippen MR) is 72.3 cm³/mol. The number of nitrogen functional groups attached to an aromatic ring is 1. The summed E-state index contributed by atoms with van der Waals surface area (Å²) in [4.78, 5) is 12.1. The van der Waals surface area contributed by atoms with Gasteiger partial charge in [0.05, 0.1) is 5.56 Å². The maximum atomic E-state index is 12.1. The van der Waals surface area contributed by atoms with Gasteiger partial charge in [-0.25, -0.2) is 0 Å². The van der Waals surface area contributed by atoms with Crippen LogP contribution in [-0.4, -0.2) is 11.4 Å². The third-order valence-corrected chi connectivity index (χ3v) is 3.47. The SMILES string of the molecule is CCC(C)(CC)NC(=O)c1cc(Cl)ccc1N. The van der Waals surface area contributed by atoms with Crippen LogP contribution in [0.25, 0.3) is 0 Å². The van der Waals surface area contributed by atoms with E-state index in [4.69, 9.17) is 17.3 Å². The second-order valence-corrected chi connectivity index (χ2v) is 4.89. The molecule has 1 rings (SSSR count). The molecule has 0 aliphatic carbocycles. The van der Waals surface area contributed by atoms with Crippen LogP contribution >= 0.6 is 11.6 Å². The van der Waals surface area contributed by atoms with Gasteiger partial charge in [0, 0.05) is 16.2 Å². The molecule has 0 aliphatic rings. The molecule has 0 radical (unpaired) electrons. The van der Waals surface area contributed by atoms with Crippen molar-refractivity contribution in [3.05, 3.63) is 28.8 Å². The minimum absolute atomic E-state index is 0.170. The summed E-state index contributed by atoms with van der Waals surface area (Å²) in [5, 5.41) is 3.51. The van der Waals surface area contributed by atoms with Gasteiger partial charge in [-0.3, -0.25) is 4.79 Å². The summed E-state index contributed by atoms with van der Waals surface area (Å²) in [5.74, 6) is -0.170. The molecule has 0 bridgehead atoms. The number of amides is 1. The molecule has 17 heavy (non-hydrogen) atoms. The lowest BCUT2D eigenvalue weighted by atomic mass is 9.95. The van der Waals surface area contributed by atoms with Crippen LogP contribution in [0, 0.1) is 0 Å². The molecule has 0 atom stereocenters. The summed E-state index contributed by atoms with van der Waals surface area (Å²) in [7, 11) is 0. The van der Waals surface area contributed by atoms with E-state index in [0.717, 1.165) is 12.8 Å². The van der Waals surface area contributed by atoms with Crippen molar-refractivity contribution in [2.75, 3.05) is 5.73 Å². The highest BCUT2D eigenvalue weighted by Crippen LogP contribution is 2.20. The molecule has 0 unspecified atom stereocenters. The lowest BCUT2D eigenvalue weighted by Crippen LogP contribution is -2.45. The summed E-state index contributed by atoms with van der Waals surface area (Å²) in [6.45, 7) is 6.11. The molecule has 0 heterocycles. The predicted octanol–water partition coefficient (Wildman–Crippen LogP) is 3.23. The van der Waals surface area contributed by atoms with E-state index in [0.29, 0.717) is 16.3 Å². The Kier molecular flexibility index (Phi) is 4.40. The van der Waals surface area contributed by atoms with Crippen molar-refractivity contribution in [2.24, 2.45) is 0 Å². The first kappa shape index (κ1) is 13.8. The number of nitrogens with one attached hydrogen (secondary N) is 1. The highest BCUT2D eigenvalue weighted by Gasteiger charge is 2.23. The molecule has 0 fully saturated rings. The molecule has 0 aromatic heterocycles. The first-order chi connectivity index (χ1) is 7.91. The Morgan fingerprint density at radius 3 is 2.53 bits per heavy atom. The van der Waals surface area contributed by atoms with Crippen LogP contribution in [0.5, 0.6) is 0 Å². The number of hydrogen-bond acceptors (Lipinski definition) is 2. The van der Waals surface area contributed by atoms with Gasteiger partial charge >= 0.3 is 0 Å². The number of nitrogens with two attached hydrogens (primary N) is 1. The van der Waals surface area contributed by atoms with Crippen molar-refractivity contribution >= 4 is 23.2 Å². The van der Waals surface area contributed by atoms with Crippen molar-refractivity contribution in [3.63, 3.8) is 0 Å². The third-order valence-electron chi connectivity index (χ3n) is 3.24. The molecular formula is C13H19ClN2O. The van der Waals surface area contributed by atoms with E-state index in [1.165, 1.54) is 0 Å². The van der Waals surface area contributed by atoms with Crippen LogP contribution < -0.4 is 11.1 Å². The molecule has 94 valence electrons. The van der Waals surface area contributed by atoms with E-state index < -0.39 is 0 Å². The van der Waals surface area contributed by atoms with Crippen LogP contribution in [0.2, 0.25) is 5.02 Å². The van der Waals surface area contributed by atoms with Gasteiger partial charge in [0.15, 0.2) is 0 Å². The topological polar surface area (TPSA) is 55.1 Å². The number of carbonyl (C=O) groups is 1. The first-order valence-electron chi connectivity index (χ1n) is 5.79. The molecule has 1 aromatic rings. The van der Waals surface area contributed by atoms with Gasteiger partial charge in [0.1, 0.15) is 0 Å². The Morgan fingerprint density at radius 1 is 1.41 bits per heavy atom. The van der Waals surface area contributed by atoms with Crippen molar-refractivity contribution in [1.29, 1.82) is 0 Å². The van der Waals surface area contributed by atoms with Gasteiger partial charge in [-0.1, -0.05) is 25.4 Å². The minimum atomic E-state index is -0.203. The fraction of sp³-hybridized carbons (Fsp3) is 0.462. The van der Waals surface area contributed by atoms with E-state index in [-0.39, 0.29) is 11.4 Å². The number of halogens is 1. The van der Waals surface area contributed by atoms with Gasteiger partial charge in [-0.2, -0.15) is 0 Å². The lowest BCUT2D eigenvalue weighted by molar-refractivity contribution is 0.0902. The monoisotopic (exact) mass is 254 g/mol. The maximum absolute atomic E-state index is 12.1. The lowest BCUT2D eigenvalue weighted by Gasteiger charge is -2.28. The molecule has 0 aliphatic heterocycles. The van der Waals surface area contributed by atoms with Crippen LogP contribution in [0.3, 0.4) is 0 Å². The quantitative estimate of drug-likeness (QED) is 0.811. The molecular weight excluding hydrogens is 236 g/mol. The summed E-state index contributed by atoms with van der Waals surface area (Å²) >= 11 is 5.86. The Hall–Kier alpha value is -1.22. The van der Waals surface area contributed by atoms with Gasteiger partial charge in [0.25, 0.3) is 5.91 Å². The van der Waals surface area contributed by atoms with Gasteiger partial charge < -0.3 is 11.1 Å². The molecule has 0 saturated heterocycles. The summed E-state index contributed by atoms with van der Waals surface area (Å²) in [6.07, 6.45) is 1.74. The largest absolute Gasteiger partial charge is 0.398 e. The maximum Gasteiger partial charge on any atom is 0.253 e. The zero-order chi connectivity index (χ0) is 13.1. The van der Waals surface area contributed by atoms with Crippen molar-refractivity contribution in [2.45, 2.75) is 39.2 Å². The summed E-state index contributed by atoms with van der Waals surface area (Å²) in [5.41, 5.74) is 6.45. The first-order valence-corrected chi connectivity index (χ1v) is 6.17. The third kappa shape index (κ3) is 3.37.